The van der Waals surface area contributed by atoms with Gasteiger partial charge in [0.05, 0.1) is 5.92 Å². The average molecular weight is 155 g/mol. The smallest absolute Gasteiger partial charge is 0.206 e. The maximum Gasteiger partial charge on any atom is 0.206 e. The lowest BCUT2D eigenvalue weighted by Gasteiger charge is -2.04. The highest BCUT2D eigenvalue weighted by molar-refractivity contribution is 6.39. The van der Waals surface area contributed by atoms with Crippen molar-refractivity contribution < 1.29 is 9.59 Å². The molecule has 0 heterocycles. The van der Waals surface area contributed by atoms with Crippen LogP contribution in [0.15, 0.2) is 0 Å². The Balaban J connectivity index is 4.13. The van der Waals surface area contributed by atoms with E-state index in [2.05, 4.69) is 0 Å². The molecule has 11 heavy (non-hydrogen) atoms. The van der Waals surface area contributed by atoms with Crippen molar-refractivity contribution in [2.75, 3.05) is 0 Å². The summed E-state index contributed by atoms with van der Waals surface area (Å²) in [7, 11) is 0. The first-order valence-corrected chi connectivity index (χ1v) is 3.68. The summed E-state index contributed by atoms with van der Waals surface area (Å²) in [6, 6.07) is 0. The van der Waals surface area contributed by atoms with E-state index in [-0.39, 0.29) is 0 Å². The molecule has 0 aromatic heterocycles. The van der Waals surface area contributed by atoms with Crippen LogP contribution < -0.4 is 0 Å². The van der Waals surface area contributed by atoms with Gasteiger partial charge in [0.1, 0.15) is 0 Å². The molecule has 0 saturated heterocycles. The third-order valence-corrected chi connectivity index (χ3v) is 1.48. The fourth-order valence-electron chi connectivity index (χ4n) is 0.862. The summed E-state index contributed by atoms with van der Waals surface area (Å²) in [6.07, 6.45) is 2.47. The Morgan fingerprint density at radius 3 is 2.36 bits per heavy atom. The van der Waals surface area contributed by atoms with Crippen molar-refractivity contribution in [1.29, 1.82) is 5.41 Å². The van der Waals surface area contributed by atoms with Gasteiger partial charge in [-0.2, -0.15) is 0 Å². The van der Waals surface area contributed by atoms with Crippen LogP contribution in [-0.4, -0.2) is 17.8 Å². The lowest BCUT2D eigenvalue weighted by molar-refractivity contribution is -0.136. The Hall–Kier alpha value is -0.990. The molecule has 0 aromatic rings. The molecule has 62 valence electrons. The molecule has 0 unspecified atom stereocenters. The van der Waals surface area contributed by atoms with Crippen LogP contribution in [0, 0.1) is 11.3 Å². The molecule has 3 nitrogen and oxygen atoms in total. The maximum atomic E-state index is 11.0. The molecule has 3 heteroatoms. The van der Waals surface area contributed by atoms with Gasteiger partial charge in [0.2, 0.25) is 5.78 Å². The molecule has 0 bridgehead atoms. The van der Waals surface area contributed by atoms with Gasteiger partial charge in [-0.1, -0.05) is 13.3 Å². The molecule has 0 radical (unpaired) electrons. The van der Waals surface area contributed by atoms with Crippen molar-refractivity contribution in [3.63, 3.8) is 0 Å². The molecule has 0 spiro atoms. The van der Waals surface area contributed by atoms with Crippen molar-refractivity contribution in [2.45, 2.75) is 26.7 Å². The van der Waals surface area contributed by atoms with Gasteiger partial charge >= 0.3 is 0 Å². The van der Waals surface area contributed by atoms with Crippen LogP contribution in [0.4, 0.5) is 0 Å². The van der Waals surface area contributed by atoms with Gasteiger partial charge in [0.15, 0.2) is 5.78 Å². The van der Waals surface area contributed by atoms with Crippen LogP contribution in [0.3, 0.4) is 0 Å². The molecule has 0 aromatic carbocycles. The van der Waals surface area contributed by atoms with E-state index >= 15 is 0 Å². The van der Waals surface area contributed by atoms with Crippen LogP contribution >= 0.6 is 0 Å². The molecule has 0 saturated carbocycles. The molecular formula is C8H13NO2. The molecule has 0 aliphatic carbocycles. The van der Waals surface area contributed by atoms with E-state index in [1.807, 2.05) is 6.92 Å². The number of hydrogen-bond donors (Lipinski definition) is 1. The molecule has 0 fully saturated rings. The summed E-state index contributed by atoms with van der Waals surface area (Å²) in [6.45, 7) is 3.17. The quantitative estimate of drug-likeness (QED) is 0.479. The average Bonchev–Trinajstić information content (AvgIpc) is 1.98. The molecular weight excluding hydrogens is 142 g/mol. The molecule has 1 atom stereocenters. The van der Waals surface area contributed by atoms with Crippen molar-refractivity contribution in [1.82, 2.24) is 0 Å². The summed E-state index contributed by atoms with van der Waals surface area (Å²) in [4.78, 5) is 21.5. The highest BCUT2D eigenvalue weighted by Gasteiger charge is 2.18. The monoisotopic (exact) mass is 155 g/mol. The Morgan fingerprint density at radius 1 is 1.55 bits per heavy atom. The van der Waals surface area contributed by atoms with Crippen LogP contribution in [-0.2, 0) is 9.59 Å². The number of rotatable bonds is 5. The van der Waals surface area contributed by atoms with E-state index in [9.17, 15) is 9.59 Å². The van der Waals surface area contributed by atoms with Gasteiger partial charge in [-0.15, -0.1) is 0 Å². The number of nitrogens with one attached hydrogen (secondary N) is 1. The second-order valence-electron chi connectivity index (χ2n) is 2.48. The topological polar surface area (TPSA) is 58.0 Å². The van der Waals surface area contributed by atoms with E-state index in [0.29, 0.717) is 6.42 Å². The summed E-state index contributed by atoms with van der Waals surface area (Å²) in [5.41, 5.74) is 0. The highest BCUT2D eigenvalue weighted by atomic mass is 16.2. The minimum atomic E-state index is -0.488. The third kappa shape index (κ3) is 3.07. The van der Waals surface area contributed by atoms with Crippen molar-refractivity contribution >= 4 is 17.8 Å². The van der Waals surface area contributed by atoms with Gasteiger partial charge in [0, 0.05) is 13.1 Å². The van der Waals surface area contributed by atoms with Gasteiger partial charge in [-0.05, 0) is 6.42 Å². The second-order valence-corrected chi connectivity index (χ2v) is 2.48. The zero-order valence-electron chi connectivity index (χ0n) is 6.89. The summed E-state index contributed by atoms with van der Waals surface area (Å²) >= 11 is 0. The number of carbonyl (C=O) groups excluding carboxylic acids is 2. The van der Waals surface area contributed by atoms with Crippen LogP contribution in [0.2, 0.25) is 0 Å². The molecule has 0 aliphatic heterocycles. The third-order valence-electron chi connectivity index (χ3n) is 1.48. The van der Waals surface area contributed by atoms with E-state index in [1.165, 1.54) is 6.92 Å². The van der Waals surface area contributed by atoms with Gasteiger partial charge < -0.3 is 5.41 Å². The first-order valence-electron chi connectivity index (χ1n) is 3.68. The Morgan fingerprint density at radius 2 is 2.09 bits per heavy atom. The second kappa shape index (κ2) is 4.77. The van der Waals surface area contributed by atoms with E-state index < -0.39 is 17.5 Å². The first kappa shape index (κ1) is 10.0. The Bertz CT molecular complexity index is 175. The highest BCUT2D eigenvalue weighted by Crippen LogP contribution is 2.04. The normalized spacial score (nSPS) is 12.2. The summed E-state index contributed by atoms with van der Waals surface area (Å²) < 4.78 is 0. The largest absolute Gasteiger partial charge is 0.312 e. The lowest BCUT2D eigenvalue weighted by Crippen LogP contribution is -2.22. The van der Waals surface area contributed by atoms with Gasteiger partial charge in [-0.25, -0.2) is 0 Å². The van der Waals surface area contributed by atoms with Crippen LogP contribution in [0.1, 0.15) is 26.7 Å². The number of carbonyl (C=O) groups is 2. The van der Waals surface area contributed by atoms with E-state index in [4.69, 9.17) is 5.41 Å². The molecule has 0 amide bonds. The van der Waals surface area contributed by atoms with Crippen molar-refractivity contribution in [2.24, 2.45) is 5.92 Å². The zero-order valence-corrected chi connectivity index (χ0v) is 6.89. The SMILES string of the molecule is CCC[C@H](C=N)C(=O)C(C)=O. The fraction of sp³-hybridized carbons (Fsp3) is 0.625. The fourth-order valence-corrected chi connectivity index (χ4v) is 0.862. The summed E-state index contributed by atoms with van der Waals surface area (Å²) in [5.74, 6) is -1.38. The Labute approximate surface area is 66.3 Å². The standard InChI is InChI=1S/C8H13NO2/c1-3-4-7(5-9)8(11)6(2)10/h5,7,9H,3-4H2,1-2H3/t7-/m1/s1. The number of hydrogen-bond acceptors (Lipinski definition) is 3. The predicted molar refractivity (Wildman–Crippen MR) is 42.9 cm³/mol. The van der Waals surface area contributed by atoms with Gasteiger partial charge in [-0.3, -0.25) is 9.59 Å². The van der Waals surface area contributed by atoms with Crippen LogP contribution in [0.5, 0.6) is 0 Å². The lowest BCUT2D eigenvalue weighted by atomic mass is 9.98. The van der Waals surface area contributed by atoms with Crippen LogP contribution in [0.25, 0.3) is 0 Å². The van der Waals surface area contributed by atoms with Crippen molar-refractivity contribution in [3.8, 4) is 0 Å². The summed E-state index contributed by atoms with van der Waals surface area (Å²) in [5, 5.41) is 6.89. The molecule has 0 aliphatic rings. The van der Waals surface area contributed by atoms with Crippen molar-refractivity contribution in [3.05, 3.63) is 0 Å². The molecule has 0 rings (SSSR count). The maximum absolute atomic E-state index is 11.0. The number of ketones is 2. The minimum absolute atomic E-state index is 0.443. The van der Waals surface area contributed by atoms with E-state index in [1.54, 1.807) is 0 Å². The minimum Gasteiger partial charge on any atom is -0.312 e. The first-order chi connectivity index (χ1) is 5.13. The zero-order chi connectivity index (χ0) is 8.85. The van der Waals surface area contributed by atoms with E-state index in [0.717, 1.165) is 12.6 Å². The molecule has 1 N–H and O–H groups in total. The predicted octanol–water partition coefficient (Wildman–Crippen LogP) is 1.21. The number of Topliss-reactive ketones (excluding diaryl/α,β-unsaturated/α-hetero) is 2. The van der Waals surface area contributed by atoms with Gasteiger partial charge in [0.25, 0.3) is 0 Å². The Kier molecular flexibility index (Phi) is 4.34.